The largest absolute Gasteiger partial charge is 0.390 e. The lowest BCUT2D eigenvalue weighted by atomic mass is 10.3. The molecule has 6 heteroatoms. The van der Waals surface area contributed by atoms with Crippen molar-refractivity contribution in [2.45, 2.75) is 31.5 Å². The van der Waals surface area contributed by atoms with Gasteiger partial charge in [0.1, 0.15) is 0 Å². The number of hydrogen-bond acceptors (Lipinski definition) is 2. The van der Waals surface area contributed by atoms with Crippen LogP contribution >= 0.6 is 0 Å². The van der Waals surface area contributed by atoms with Gasteiger partial charge < -0.3 is 10.2 Å². The van der Waals surface area contributed by atoms with Crippen LogP contribution in [-0.2, 0) is 4.79 Å². The summed E-state index contributed by atoms with van der Waals surface area (Å²) in [5.41, 5.74) is 0. The van der Waals surface area contributed by atoms with Crippen molar-refractivity contribution in [1.29, 1.82) is 0 Å². The Hall–Kier alpha value is -0.780. The van der Waals surface area contributed by atoms with E-state index < -0.39 is 12.6 Å². The number of halogens is 3. The molecule has 0 aliphatic heterocycles. The van der Waals surface area contributed by atoms with Crippen molar-refractivity contribution in [3.63, 3.8) is 0 Å². The fourth-order valence-corrected chi connectivity index (χ4v) is 1.07. The minimum Gasteiger partial charge on any atom is -0.344 e. The topological polar surface area (TPSA) is 32.3 Å². The van der Waals surface area contributed by atoms with Gasteiger partial charge in [0.25, 0.3) is 0 Å². The standard InChI is InChI=1S/C9H15F3N2O/c1-14(5-4-9(10,11)12)8(15)6-13-7-2-3-7/h7,13H,2-6H2,1H3. The zero-order valence-corrected chi connectivity index (χ0v) is 8.60. The number of alkyl halides is 3. The van der Waals surface area contributed by atoms with Gasteiger partial charge in [-0.3, -0.25) is 4.79 Å². The van der Waals surface area contributed by atoms with Crippen molar-refractivity contribution in [2.24, 2.45) is 0 Å². The van der Waals surface area contributed by atoms with E-state index in [1.54, 1.807) is 0 Å². The maximum atomic E-state index is 11.8. The van der Waals surface area contributed by atoms with E-state index in [1.807, 2.05) is 0 Å². The van der Waals surface area contributed by atoms with Gasteiger partial charge in [-0.1, -0.05) is 0 Å². The maximum absolute atomic E-state index is 11.8. The maximum Gasteiger partial charge on any atom is 0.390 e. The van der Waals surface area contributed by atoms with Gasteiger partial charge in [-0.25, -0.2) is 0 Å². The number of nitrogens with one attached hydrogen (secondary N) is 1. The van der Waals surface area contributed by atoms with Crippen LogP contribution in [0.15, 0.2) is 0 Å². The van der Waals surface area contributed by atoms with Crippen LogP contribution in [0.1, 0.15) is 19.3 Å². The molecule has 3 nitrogen and oxygen atoms in total. The number of rotatable bonds is 5. The highest BCUT2D eigenvalue weighted by Gasteiger charge is 2.28. The van der Waals surface area contributed by atoms with E-state index in [0.29, 0.717) is 6.04 Å². The first-order valence-corrected chi connectivity index (χ1v) is 4.92. The van der Waals surface area contributed by atoms with Gasteiger partial charge in [0.15, 0.2) is 0 Å². The van der Waals surface area contributed by atoms with Crippen LogP contribution in [0.25, 0.3) is 0 Å². The quantitative estimate of drug-likeness (QED) is 0.759. The van der Waals surface area contributed by atoms with Crippen LogP contribution in [0, 0.1) is 0 Å². The smallest absolute Gasteiger partial charge is 0.344 e. The lowest BCUT2D eigenvalue weighted by Gasteiger charge is -2.18. The van der Waals surface area contributed by atoms with E-state index >= 15 is 0 Å². The molecule has 0 spiro atoms. The Morgan fingerprint density at radius 1 is 1.47 bits per heavy atom. The first-order chi connectivity index (χ1) is 6.88. The fraction of sp³-hybridized carbons (Fsp3) is 0.889. The molecule has 0 heterocycles. The number of hydrogen-bond donors (Lipinski definition) is 1. The fourth-order valence-electron chi connectivity index (χ4n) is 1.07. The summed E-state index contributed by atoms with van der Waals surface area (Å²) in [6.45, 7) is -0.131. The van der Waals surface area contributed by atoms with Crippen LogP contribution in [0.3, 0.4) is 0 Å². The van der Waals surface area contributed by atoms with E-state index in [9.17, 15) is 18.0 Å². The van der Waals surface area contributed by atoms with Crippen LogP contribution in [0.2, 0.25) is 0 Å². The average molecular weight is 224 g/mol. The van der Waals surface area contributed by atoms with Crippen LogP contribution in [0.4, 0.5) is 13.2 Å². The number of amides is 1. The molecule has 1 saturated carbocycles. The second-order valence-electron chi connectivity index (χ2n) is 3.84. The third-order valence-corrected chi connectivity index (χ3v) is 2.28. The lowest BCUT2D eigenvalue weighted by molar-refractivity contribution is -0.143. The van der Waals surface area contributed by atoms with E-state index in [0.717, 1.165) is 17.7 Å². The van der Waals surface area contributed by atoms with E-state index in [4.69, 9.17) is 0 Å². The monoisotopic (exact) mass is 224 g/mol. The van der Waals surface area contributed by atoms with E-state index in [-0.39, 0.29) is 19.0 Å². The molecular formula is C9H15F3N2O. The molecule has 1 fully saturated rings. The number of likely N-dealkylation sites (N-methyl/N-ethyl adjacent to an activating group) is 1. The zero-order chi connectivity index (χ0) is 11.5. The van der Waals surface area contributed by atoms with Crippen molar-refractivity contribution in [3.8, 4) is 0 Å². The predicted molar refractivity (Wildman–Crippen MR) is 49.3 cm³/mol. The van der Waals surface area contributed by atoms with Crippen LogP contribution in [0.5, 0.6) is 0 Å². The predicted octanol–water partition coefficient (Wildman–Crippen LogP) is 1.15. The van der Waals surface area contributed by atoms with Crippen LogP contribution < -0.4 is 5.32 Å². The highest BCUT2D eigenvalue weighted by Crippen LogP contribution is 2.20. The molecule has 0 saturated heterocycles. The summed E-state index contributed by atoms with van der Waals surface area (Å²) in [6, 6.07) is 0.393. The average Bonchev–Trinajstić information content (AvgIpc) is 2.92. The molecule has 1 amide bonds. The first kappa shape index (κ1) is 12.3. The Morgan fingerprint density at radius 2 is 2.07 bits per heavy atom. The summed E-state index contributed by atoms with van der Waals surface area (Å²) in [5.74, 6) is -0.286. The molecule has 15 heavy (non-hydrogen) atoms. The summed E-state index contributed by atoms with van der Waals surface area (Å²) in [7, 11) is 1.39. The molecule has 0 aromatic heterocycles. The van der Waals surface area contributed by atoms with Crippen molar-refractivity contribution in [2.75, 3.05) is 20.1 Å². The van der Waals surface area contributed by atoms with Gasteiger partial charge in [-0.2, -0.15) is 13.2 Å². The molecule has 0 atom stereocenters. The normalized spacial score (nSPS) is 16.5. The second kappa shape index (κ2) is 4.83. The molecule has 1 aliphatic rings. The van der Waals surface area contributed by atoms with Crippen molar-refractivity contribution < 1.29 is 18.0 Å². The summed E-state index contributed by atoms with van der Waals surface area (Å²) in [6.07, 6.45) is -3.03. The zero-order valence-electron chi connectivity index (χ0n) is 8.60. The highest BCUT2D eigenvalue weighted by atomic mass is 19.4. The van der Waals surface area contributed by atoms with Crippen LogP contribution in [-0.4, -0.2) is 43.2 Å². The highest BCUT2D eigenvalue weighted by molar-refractivity contribution is 5.78. The summed E-state index contributed by atoms with van der Waals surface area (Å²) in [4.78, 5) is 12.4. The Morgan fingerprint density at radius 3 is 2.53 bits per heavy atom. The summed E-state index contributed by atoms with van der Waals surface area (Å²) < 4.78 is 35.5. The molecule has 0 bridgehead atoms. The number of nitrogens with zero attached hydrogens (tertiary/aromatic N) is 1. The van der Waals surface area contributed by atoms with Gasteiger partial charge in [0, 0.05) is 19.6 Å². The minimum atomic E-state index is -4.20. The Bertz CT molecular complexity index is 226. The molecule has 0 aromatic carbocycles. The molecule has 0 aromatic rings. The third-order valence-electron chi connectivity index (χ3n) is 2.28. The van der Waals surface area contributed by atoms with E-state index in [1.165, 1.54) is 7.05 Å². The summed E-state index contributed by atoms with van der Waals surface area (Å²) >= 11 is 0. The second-order valence-corrected chi connectivity index (χ2v) is 3.84. The Balaban J connectivity index is 2.13. The Kier molecular flexibility index (Phi) is 3.96. The SMILES string of the molecule is CN(CCC(F)(F)F)C(=O)CNC1CC1. The first-order valence-electron chi connectivity index (χ1n) is 4.92. The molecule has 1 aliphatic carbocycles. The minimum absolute atomic E-state index is 0.138. The third kappa shape index (κ3) is 5.61. The van der Waals surface area contributed by atoms with Gasteiger partial charge in [0.05, 0.1) is 13.0 Å². The number of carbonyl (C=O) groups excluding carboxylic acids is 1. The molecule has 1 N–H and O–H groups in total. The molecular weight excluding hydrogens is 209 g/mol. The number of carbonyl (C=O) groups is 1. The van der Waals surface area contributed by atoms with Gasteiger partial charge in [-0.05, 0) is 12.8 Å². The van der Waals surface area contributed by atoms with Crippen molar-refractivity contribution >= 4 is 5.91 Å². The molecule has 1 rings (SSSR count). The van der Waals surface area contributed by atoms with E-state index in [2.05, 4.69) is 5.32 Å². The molecule has 0 radical (unpaired) electrons. The lowest BCUT2D eigenvalue weighted by Crippen LogP contribution is -2.38. The van der Waals surface area contributed by atoms with Crippen molar-refractivity contribution in [3.05, 3.63) is 0 Å². The molecule has 88 valence electrons. The van der Waals surface area contributed by atoms with Gasteiger partial charge in [0.2, 0.25) is 5.91 Å². The summed E-state index contributed by atoms with van der Waals surface area (Å²) in [5, 5.41) is 2.96. The van der Waals surface area contributed by atoms with Gasteiger partial charge in [-0.15, -0.1) is 0 Å². The Labute approximate surface area is 86.6 Å². The van der Waals surface area contributed by atoms with Crippen molar-refractivity contribution in [1.82, 2.24) is 10.2 Å². The molecule has 0 unspecified atom stereocenters. The van der Waals surface area contributed by atoms with Gasteiger partial charge >= 0.3 is 6.18 Å².